The number of nitrogens with zero attached hydrogens (tertiary/aromatic N) is 1. The fourth-order valence-electron chi connectivity index (χ4n) is 1.42. The lowest BCUT2D eigenvalue weighted by atomic mass is 10.2. The van der Waals surface area contributed by atoms with E-state index in [1.54, 1.807) is 18.2 Å². The first-order valence-corrected chi connectivity index (χ1v) is 5.59. The van der Waals surface area contributed by atoms with Crippen LogP contribution in [0.2, 0.25) is 0 Å². The zero-order valence-electron chi connectivity index (χ0n) is 10.9. The van der Waals surface area contributed by atoms with Crippen LogP contribution in [0, 0.1) is 0 Å². The molecule has 6 nitrogen and oxygen atoms in total. The SMILES string of the molecule is COc1cc(C(=O)NCCN(C)C)ccc1NO. The van der Waals surface area contributed by atoms with Crippen LogP contribution in [0.3, 0.4) is 0 Å². The molecule has 0 aliphatic heterocycles. The molecule has 0 atom stereocenters. The second-order valence-electron chi connectivity index (χ2n) is 4.09. The molecule has 0 spiro atoms. The van der Waals surface area contributed by atoms with Gasteiger partial charge in [-0.25, -0.2) is 0 Å². The lowest BCUT2D eigenvalue weighted by Gasteiger charge is -2.12. The molecule has 1 amide bonds. The number of anilines is 1. The average molecular weight is 253 g/mol. The molecule has 3 N–H and O–H groups in total. The summed E-state index contributed by atoms with van der Waals surface area (Å²) < 4.78 is 5.06. The molecule has 0 saturated carbocycles. The van der Waals surface area contributed by atoms with Gasteiger partial charge in [0.25, 0.3) is 5.91 Å². The minimum Gasteiger partial charge on any atom is -0.494 e. The maximum absolute atomic E-state index is 11.8. The molecular weight excluding hydrogens is 234 g/mol. The third kappa shape index (κ3) is 3.90. The van der Waals surface area contributed by atoms with Crippen LogP contribution in [-0.4, -0.2) is 50.3 Å². The molecule has 0 unspecified atom stereocenters. The number of rotatable bonds is 6. The number of ether oxygens (including phenoxy) is 1. The van der Waals surface area contributed by atoms with E-state index in [-0.39, 0.29) is 5.91 Å². The largest absolute Gasteiger partial charge is 0.494 e. The Morgan fingerprint density at radius 2 is 2.17 bits per heavy atom. The third-order valence-electron chi connectivity index (χ3n) is 2.43. The number of amides is 1. The number of carbonyl (C=O) groups is 1. The molecule has 0 aromatic heterocycles. The maximum Gasteiger partial charge on any atom is 0.251 e. The van der Waals surface area contributed by atoms with Gasteiger partial charge in [0, 0.05) is 18.7 Å². The van der Waals surface area contributed by atoms with Crippen molar-refractivity contribution in [2.24, 2.45) is 0 Å². The van der Waals surface area contributed by atoms with E-state index in [4.69, 9.17) is 9.94 Å². The molecule has 1 aromatic carbocycles. The molecule has 100 valence electrons. The Morgan fingerprint density at radius 3 is 2.72 bits per heavy atom. The quantitative estimate of drug-likeness (QED) is 0.654. The highest BCUT2D eigenvalue weighted by Gasteiger charge is 2.09. The molecule has 0 bridgehead atoms. The molecule has 18 heavy (non-hydrogen) atoms. The van der Waals surface area contributed by atoms with E-state index in [0.29, 0.717) is 23.5 Å². The average Bonchev–Trinajstić information content (AvgIpc) is 2.37. The lowest BCUT2D eigenvalue weighted by Crippen LogP contribution is -2.31. The number of hydrogen-bond acceptors (Lipinski definition) is 5. The zero-order valence-corrected chi connectivity index (χ0v) is 10.9. The molecule has 0 saturated heterocycles. The number of carbonyl (C=O) groups excluding carboxylic acids is 1. The van der Waals surface area contributed by atoms with Crippen molar-refractivity contribution in [1.82, 2.24) is 10.2 Å². The van der Waals surface area contributed by atoms with Crippen molar-refractivity contribution in [1.29, 1.82) is 0 Å². The van der Waals surface area contributed by atoms with Crippen LogP contribution in [0.1, 0.15) is 10.4 Å². The molecule has 6 heteroatoms. The minimum atomic E-state index is -0.167. The van der Waals surface area contributed by atoms with Crippen LogP contribution < -0.4 is 15.5 Å². The van der Waals surface area contributed by atoms with Crippen LogP contribution in [0.15, 0.2) is 18.2 Å². The van der Waals surface area contributed by atoms with Crippen LogP contribution in [-0.2, 0) is 0 Å². The van der Waals surface area contributed by atoms with Gasteiger partial charge in [-0.15, -0.1) is 0 Å². The van der Waals surface area contributed by atoms with E-state index in [9.17, 15) is 4.79 Å². The summed E-state index contributed by atoms with van der Waals surface area (Å²) in [6.07, 6.45) is 0. The Morgan fingerprint density at radius 1 is 1.44 bits per heavy atom. The van der Waals surface area contributed by atoms with E-state index in [1.807, 2.05) is 24.5 Å². The van der Waals surface area contributed by atoms with Gasteiger partial charge < -0.3 is 15.0 Å². The van der Waals surface area contributed by atoms with Crippen molar-refractivity contribution in [2.75, 3.05) is 39.8 Å². The second kappa shape index (κ2) is 6.83. The van der Waals surface area contributed by atoms with E-state index in [2.05, 4.69) is 5.32 Å². The van der Waals surface area contributed by atoms with Crippen LogP contribution in [0.5, 0.6) is 5.75 Å². The molecule has 1 aromatic rings. The van der Waals surface area contributed by atoms with Crippen LogP contribution in [0.25, 0.3) is 0 Å². The van der Waals surface area contributed by atoms with Gasteiger partial charge in [0.05, 0.1) is 7.11 Å². The summed E-state index contributed by atoms with van der Waals surface area (Å²) in [6, 6.07) is 4.77. The highest BCUT2D eigenvalue weighted by atomic mass is 16.5. The Hall–Kier alpha value is -1.79. The molecule has 1 rings (SSSR count). The first-order chi connectivity index (χ1) is 8.58. The summed E-state index contributed by atoms with van der Waals surface area (Å²) in [5.41, 5.74) is 2.92. The van der Waals surface area contributed by atoms with E-state index < -0.39 is 0 Å². The number of methoxy groups -OCH3 is 1. The van der Waals surface area contributed by atoms with Crippen LogP contribution in [0.4, 0.5) is 5.69 Å². The molecule has 0 fully saturated rings. The van der Waals surface area contributed by atoms with E-state index in [1.165, 1.54) is 7.11 Å². The molecule has 0 aliphatic rings. The predicted octanol–water partition coefficient (Wildman–Crippen LogP) is 0.788. The standard InChI is InChI=1S/C12H19N3O3/c1-15(2)7-6-13-12(16)9-4-5-10(14-17)11(8-9)18-3/h4-5,8,14,17H,6-7H2,1-3H3,(H,13,16). The van der Waals surface area contributed by atoms with Gasteiger partial charge in [-0.05, 0) is 32.3 Å². The summed E-state index contributed by atoms with van der Waals surface area (Å²) in [4.78, 5) is 13.8. The monoisotopic (exact) mass is 253 g/mol. The van der Waals surface area contributed by atoms with E-state index >= 15 is 0 Å². The van der Waals surface area contributed by atoms with Gasteiger partial charge in [0.2, 0.25) is 0 Å². The summed E-state index contributed by atoms with van der Waals surface area (Å²) in [6.45, 7) is 1.35. The summed E-state index contributed by atoms with van der Waals surface area (Å²) in [7, 11) is 5.36. The second-order valence-corrected chi connectivity index (χ2v) is 4.09. The molecular formula is C12H19N3O3. The van der Waals surface area contributed by atoms with Crippen molar-refractivity contribution in [3.63, 3.8) is 0 Å². The first kappa shape index (κ1) is 14.3. The summed E-state index contributed by atoms with van der Waals surface area (Å²) in [5, 5.41) is 11.6. The smallest absolute Gasteiger partial charge is 0.251 e. The predicted molar refractivity (Wildman–Crippen MR) is 69.3 cm³/mol. The van der Waals surface area contributed by atoms with Gasteiger partial charge in [0.1, 0.15) is 11.4 Å². The fraction of sp³-hybridized carbons (Fsp3) is 0.417. The normalized spacial score (nSPS) is 10.3. The zero-order chi connectivity index (χ0) is 13.5. The van der Waals surface area contributed by atoms with Crippen molar-refractivity contribution >= 4 is 11.6 Å². The third-order valence-corrected chi connectivity index (χ3v) is 2.43. The van der Waals surface area contributed by atoms with Crippen molar-refractivity contribution in [3.05, 3.63) is 23.8 Å². The van der Waals surface area contributed by atoms with Gasteiger partial charge >= 0.3 is 0 Å². The highest BCUT2D eigenvalue weighted by Crippen LogP contribution is 2.24. The lowest BCUT2D eigenvalue weighted by molar-refractivity contribution is 0.0950. The maximum atomic E-state index is 11.8. The molecule has 0 aliphatic carbocycles. The summed E-state index contributed by atoms with van der Waals surface area (Å²) in [5.74, 6) is 0.248. The Kier molecular flexibility index (Phi) is 5.41. The van der Waals surface area contributed by atoms with Gasteiger partial charge in [-0.2, -0.15) is 0 Å². The van der Waals surface area contributed by atoms with Crippen molar-refractivity contribution in [2.45, 2.75) is 0 Å². The highest BCUT2D eigenvalue weighted by molar-refractivity contribution is 5.95. The molecule has 0 radical (unpaired) electrons. The van der Waals surface area contributed by atoms with Gasteiger partial charge in [-0.3, -0.25) is 15.5 Å². The minimum absolute atomic E-state index is 0.167. The van der Waals surface area contributed by atoms with Crippen molar-refractivity contribution < 1.29 is 14.7 Å². The number of nitrogens with one attached hydrogen (secondary N) is 2. The van der Waals surface area contributed by atoms with Gasteiger partial charge in [0.15, 0.2) is 0 Å². The van der Waals surface area contributed by atoms with Gasteiger partial charge in [-0.1, -0.05) is 0 Å². The van der Waals surface area contributed by atoms with E-state index in [0.717, 1.165) is 6.54 Å². The Balaban J connectivity index is 2.68. The Bertz CT molecular complexity index is 408. The summed E-state index contributed by atoms with van der Waals surface area (Å²) >= 11 is 0. The Labute approximate surface area is 107 Å². The fourth-order valence-corrected chi connectivity index (χ4v) is 1.42. The first-order valence-electron chi connectivity index (χ1n) is 5.59. The number of likely N-dealkylation sites (N-methyl/N-ethyl adjacent to an activating group) is 1. The van der Waals surface area contributed by atoms with Crippen molar-refractivity contribution in [3.8, 4) is 5.75 Å². The van der Waals surface area contributed by atoms with Crippen LogP contribution >= 0.6 is 0 Å². The number of hydrogen-bond donors (Lipinski definition) is 3. The topological polar surface area (TPSA) is 73.8 Å². The molecule has 0 heterocycles. The number of benzene rings is 1.